The molecule has 4 rings (SSSR count). The third kappa shape index (κ3) is 7.40. The zero-order valence-corrected chi connectivity index (χ0v) is 21.1. The highest BCUT2D eigenvalue weighted by atomic mass is 32.1. The number of amides is 2. The van der Waals surface area contributed by atoms with E-state index in [4.69, 9.17) is 12.2 Å². The van der Waals surface area contributed by atoms with E-state index in [-0.39, 0.29) is 12.1 Å². The fraction of sp³-hybridized carbons (Fsp3) is 0.333. The van der Waals surface area contributed by atoms with Crippen LogP contribution in [0.2, 0.25) is 0 Å². The number of rotatable bonds is 9. The zero-order valence-electron chi connectivity index (χ0n) is 20.2. The van der Waals surface area contributed by atoms with E-state index >= 15 is 0 Å². The number of hydrogen-bond donors (Lipinski definition) is 2. The van der Waals surface area contributed by atoms with Crippen molar-refractivity contribution < 1.29 is 4.79 Å². The fourth-order valence-electron chi connectivity index (χ4n) is 4.90. The number of nitrogens with zero attached hydrogens (tertiary/aromatic N) is 1. The van der Waals surface area contributed by atoms with Crippen LogP contribution in [-0.2, 0) is 19.6 Å². The smallest absolute Gasteiger partial charge is 0.318 e. The number of hydrogen-bond acceptors (Lipinski definition) is 2. The third-order valence-corrected chi connectivity index (χ3v) is 7.14. The van der Waals surface area contributed by atoms with Crippen LogP contribution in [0.1, 0.15) is 48.8 Å². The minimum Gasteiger partial charge on any atom is -0.374 e. The molecule has 1 saturated carbocycles. The van der Waals surface area contributed by atoms with Crippen LogP contribution in [-0.4, -0.2) is 22.0 Å². The van der Waals surface area contributed by atoms with Gasteiger partial charge in [-0.15, -0.1) is 0 Å². The Morgan fingerprint density at radius 3 is 1.77 bits per heavy atom. The zero-order chi connectivity index (χ0) is 24.3. The molecule has 1 unspecified atom stereocenters. The molecule has 0 heterocycles. The minimum absolute atomic E-state index is 0.0721. The van der Waals surface area contributed by atoms with Gasteiger partial charge in [0.1, 0.15) is 0 Å². The first-order valence-corrected chi connectivity index (χ1v) is 13.1. The van der Waals surface area contributed by atoms with Crippen LogP contribution in [0.4, 0.5) is 4.79 Å². The predicted octanol–water partition coefficient (Wildman–Crippen LogP) is 6.46. The molecular formula is C30H35N3OS. The van der Waals surface area contributed by atoms with Gasteiger partial charge in [0.05, 0.1) is 11.0 Å². The first-order valence-electron chi connectivity index (χ1n) is 12.6. The average Bonchev–Trinajstić information content (AvgIpc) is 2.92. The minimum atomic E-state index is -0.148. The van der Waals surface area contributed by atoms with E-state index < -0.39 is 0 Å². The van der Waals surface area contributed by atoms with E-state index in [0.29, 0.717) is 25.6 Å². The highest BCUT2D eigenvalue weighted by Crippen LogP contribution is 2.31. The summed E-state index contributed by atoms with van der Waals surface area (Å²) in [7, 11) is 0. The van der Waals surface area contributed by atoms with Crippen molar-refractivity contribution in [3.8, 4) is 0 Å². The fourth-order valence-corrected chi connectivity index (χ4v) is 5.29. The van der Waals surface area contributed by atoms with Gasteiger partial charge < -0.3 is 15.5 Å². The first-order chi connectivity index (χ1) is 17.2. The largest absolute Gasteiger partial charge is 0.374 e. The monoisotopic (exact) mass is 485 g/mol. The lowest BCUT2D eigenvalue weighted by Crippen LogP contribution is -2.55. The van der Waals surface area contributed by atoms with Crippen molar-refractivity contribution in [2.45, 2.75) is 57.8 Å². The number of urea groups is 1. The summed E-state index contributed by atoms with van der Waals surface area (Å²) in [6.45, 7) is 1.68. The second-order valence-electron chi connectivity index (χ2n) is 9.30. The van der Waals surface area contributed by atoms with E-state index in [1.54, 1.807) is 0 Å². The van der Waals surface area contributed by atoms with Gasteiger partial charge in [-0.3, -0.25) is 0 Å². The Balaban J connectivity index is 1.57. The molecule has 0 radical (unpaired) electrons. The molecule has 182 valence electrons. The van der Waals surface area contributed by atoms with Crippen LogP contribution in [0.3, 0.4) is 0 Å². The van der Waals surface area contributed by atoms with Gasteiger partial charge in [0, 0.05) is 19.6 Å². The second-order valence-corrected chi connectivity index (χ2v) is 9.74. The summed E-state index contributed by atoms with van der Waals surface area (Å²) in [5.74, 6) is 0.353. The lowest BCUT2D eigenvalue weighted by Gasteiger charge is -2.39. The molecule has 0 bridgehead atoms. The molecule has 1 aliphatic rings. The van der Waals surface area contributed by atoms with Gasteiger partial charge in [-0.25, -0.2) is 4.79 Å². The maximum Gasteiger partial charge on any atom is 0.318 e. The van der Waals surface area contributed by atoms with E-state index in [1.165, 1.54) is 24.8 Å². The van der Waals surface area contributed by atoms with Gasteiger partial charge in [-0.05, 0) is 35.4 Å². The van der Waals surface area contributed by atoms with Crippen molar-refractivity contribution in [1.29, 1.82) is 0 Å². The lowest BCUT2D eigenvalue weighted by atomic mass is 9.83. The Hall–Kier alpha value is -3.18. The van der Waals surface area contributed by atoms with E-state index in [9.17, 15) is 4.79 Å². The molecule has 2 N–H and O–H groups in total. The molecule has 0 spiro atoms. The van der Waals surface area contributed by atoms with Crippen molar-refractivity contribution in [1.82, 2.24) is 15.5 Å². The molecule has 1 aliphatic carbocycles. The molecular weight excluding hydrogens is 450 g/mol. The summed E-state index contributed by atoms with van der Waals surface area (Å²) in [5.41, 5.74) is 3.37. The Kier molecular flexibility index (Phi) is 9.30. The van der Waals surface area contributed by atoms with E-state index in [2.05, 4.69) is 34.9 Å². The van der Waals surface area contributed by atoms with Crippen molar-refractivity contribution in [2.24, 2.45) is 5.92 Å². The number of benzene rings is 3. The summed E-state index contributed by atoms with van der Waals surface area (Å²) >= 11 is 6.01. The van der Waals surface area contributed by atoms with Gasteiger partial charge >= 0.3 is 6.03 Å². The summed E-state index contributed by atoms with van der Waals surface area (Å²) < 4.78 is 0. The number of thiocarbonyl (C=S) groups is 1. The van der Waals surface area contributed by atoms with Crippen molar-refractivity contribution >= 4 is 23.2 Å². The predicted molar refractivity (Wildman–Crippen MR) is 147 cm³/mol. The first kappa shape index (κ1) is 24.9. The summed E-state index contributed by atoms with van der Waals surface area (Å²) in [6.07, 6.45) is 5.82. The molecule has 2 amide bonds. The highest BCUT2D eigenvalue weighted by molar-refractivity contribution is 7.80. The van der Waals surface area contributed by atoms with Crippen LogP contribution in [0, 0.1) is 5.92 Å². The van der Waals surface area contributed by atoms with Crippen LogP contribution < -0.4 is 10.6 Å². The van der Waals surface area contributed by atoms with Crippen LogP contribution in [0.15, 0.2) is 91.0 Å². The second kappa shape index (κ2) is 13.1. The lowest BCUT2D eigenvalue weighted by molar-refractivity contribution is 0.153. The van der Waals surface area contributed by atoms with Gasteiger partial charge in [0.2, 0.25) is 0 Å². The molecule has 3 aromatic rings. The van der Waals surface area contributed by atoms with Crippen LogP contribution in [0.25, 0.3) is 0 Å². The highest BCUT2D eigenvalue weighted by Gasteiger charge is 2.35. The normalized spacial score (nSPS) is 14.6. The molecule has 0 aromatic heterocycles. The Labute approximate surface area is 214 Å². The quantitative estimate of drug-likeness (QED) is 0.342. The van der Waals surface area contributed by atoms with Crippen LogP contribution in [0.5, 0.6) is 0 Å². The molecule has 1 atom stereocenters. The maximum atomic E-state index is 13.7. The Morgan fingerprint density at radius 2 is 1.23 bits per heavy atom. The molecule has 5 heteroatoms. The van der Waals surface area contributed by atoms with Crippen LogP contribution >= 0.6 is 12.2 Å². The number of carbonyl (C=O) groups excluding carboxylic acids is 1. The molecule has 0 saturated heterocycles. The van der Waals surface area contributed by atoms with Crippen molar-refractivity contribution in [3.05, 3.63) is 108 Å². The average molecular weight is 486 g/mol. The van der Waals surface area contributed by atoms with Gasteiger partial charge in [-0.1, -0.05) is 122 Å². The van der Waals surface area contributed by atoms with Gasteiger partial charge in [0.25, 0.3) is 0 Å². The molecule has 4 nitrogen and oxygen atoms in total. The van der Waals surface area contributed by atoms with E-state index in [0.717, 1.165) is 29.0 Å². The molecule has 1 fully saturated rings. The summed E-state index contributed by atoms with van der Waals surface area (Å²) in [4.78, 5) is 16.4. The maximum absolute atomic E-state index is 13.7. The topological polar surface area (TPSA) is 44.4 Å². The Morgan fingerprint density at radius 1 is 0.743 bits per heavy atom. The summed E-state index contributed by atoms with van der Waals surface area (Å²) in [6, 6.07) is 30.3. The SMILES string of the molecule is O=C(NCc1ccccc1)N(Cc1ccccc1)C(C(=S)NCc1ccccc1)C1CCCCC1. The van der Waals surface area contributed by atoms with Crippen molar-refractivity contribution in [2.75, 3.05) is 0 Å². The van der Waals surface area contributed by atoms with Crippen molar-refractivity contribution in [3.63, 3.8) is 0 Å². The van der Waals surface area contributed by atoms with Gasteiger partial charge in [-0.2, -0.15) is 0 Å². The number of nitrogens with one attached hydrogen (secondary N) is 2. The summed E-state index contributed by atoms with van der Waals surface area (Å²) in [5, 5.41) is 6.67. The number of carbonyl (C=O) groups is 1. The Bertz CT molecular complexity index is 1050. The van der Waals surface area contributed by atoms with E-state index in [1.807, 2.05) is 71.6 Å². The third-order valence-electron chi connectivity index (χ3n) is 6.75. The standard InChI is InChI=1S/C30H35N3OS/c34-30(32-22-25-15-7-2-8-16-25)33(23-26-17-9-3-10-18-26)28(27-19-11-4-12-20-27)29(35)31-21-24-13-5-1-6-14-24/h1-3,5-10,13-18,27-28H,4,11-12,19-23H2,(H,31,35)(H,32,34). The molecule has 0 aliphatic heterocycles. The molecule has 3 aromatic carbocycles. The molecule has 35 heavy (non-hydrogen) atoms. The van der Waals surface area contributed by atoms with Gasteiger partial charge in [0.15, 0.2) is 0 Å².